The van der Waals surface area contributed by atoms with Crippen molar-refractivity contribution in [1.29, 1.82) is 0 Å². The van der Waals surface area contributed by atoms with Crippen LogP contribution in [0.4, 0.5) is 0 Å². The van der Waals surface area contributed by atoms with Gasteiger partial charge in [-0.1, -0.05) is 35.3 Å². The Labute approximate surface area is 181 Å². The molecule has 1 heterocycles. The number of rotatable bonds is 4. The van der Waals surface area contributed by atoms with Crippen molar-refractivity contribution in [3.63, 3.8) is 0 Å². The first kappa shape index (κ1) is 20.1. The molecule has 2 aromatic carbocycles. The molecule has 8 heteroatoms. The molecule has 0 atom stereocenters. The summed E-state index contributed by atoms with van der Waals surface area (Å²) >= 11 is 14.7. The largest absolute Gasteiger partial charge is 0.286 e. The Hall–Kier alpha value is -1.61. The Kier molecular flexibility index (Phi) is 6.10. The minimum absolute atomic E-state index is 0.284. The van der Waals surface area contributed by atoms with E-state index in [9.17, 15) is 4.79 Å². The molecule has 0 saturated carbocycles. The lowest BCUT2D eigenvalue weighted by Crippen LogP contribution is -2.36. The predicted octanol–water partition coefficient (Wildman–Crippen LogP) is 4.97. The van der Waals surface area contributed by atoms with Gasteiger partial charge in [-0.25, -0.2) is 9.69 Å². The maximum Gasteiger partial charge on any atom is 0.286 e. The molecule has 0 aliphatic heterocycles. The number of nitrogens with one attached hydrogen (secondary N) is 1. The van der Waals surface area contributed by atoms with Gasteiger partial charge in [-0.15, -0.1) is 0 Å². The molecular formula is C19H17Cl2IN4O. The Bertz CT molecular complexity index is 1000. The molecule has 0 aliphatic carbocycles. The summed E-state index contributed by atoms with van der Waals surface area (Å²) in [4.78, 5) is 12.6. The van der Waals surface area contributed by atoms with Crippen LogP contribution in [0.1, 0.15) is 16.1 Å². The Balaban J connectivity index is 2.24. The molecular weight excluding hydrogens is 498 g/mol. The van der Waals surface area contributed by atoms with E-state index in [1.807, 2.05) is 31.2 Å². The monoisotopic (exact) mass is 514 g/mol. The molecule has 140 valence electrons. The summed E-state index contributed by atoms with van der Waals surface area (Å²) in [6.07, 6.45) is 0. The Morgan fingerprint density at radius 1 is 1.15 bits per heavy atom. The topological polar surface area (TPSA) is 50.2 Å². The van der Waals surface area contributed by atoms with Gasteiger partial charge < -0.3 is 0 Å². The van der Waals surface area contributed by atoms with Crippen molar-refractivity contribution >= 4 is 51.7 Å². The highest BCUT2D eigenvalue weighted by Gasteiger charge is 2.23. The zero-order valence-corrected chi connectivity index (χ0v) is 18.6. The molecule has 0 unspecified atom stereocenters. The van der Waals surface area contributed by atoms with Gasteiger partial charge in [-0.3, -0.25) is 10.2 Å². The van der Waals surface area contributed by atoms with Crippen molar-refractivity contribution in [3.8, 4) is 16.9 Å². The van der Waals surface area contributed by atoms with E-state index in [1.165, 1.54) is 0 Å². The summed E-state index contributed by atoms with van der Waals surface area (Å²) < 4.78 is 2.82. The van der Waals surface area contributed by atoms with Crippen LogP contribution in [0.2, 0.25) is 10.0 Å². The zero-order chi connectivity index (χ0) is 19.7. The summed E-state index contributed by atoms with van der Waals surface area (Å²) in [7, 11) is 3.50. The second-order valence-electron chi connectivity index (χ2n) is 6.17. The molecule has 1 aromatic heterocycles. The summed E-state index contributed by atoms with van der Waals surface area (Å²) in [6.45, 7) is 1.88. The van der Waals surface area contributed by atoms with Crippen LogP contribution in [0, 0.1) is 10.5 Å². The molecule has 1 amide bonds. The van der Waals surface area contributed by atoms with Gasteiger partial charge >= 0.3 is 0 Å². The zero-order valence-electron chi connectivity index (χ0n) is 14.9. The minimum atomic E-state index is -0.284. The highest BCUT2D eigenvalue weighted by Crippen LogP contribution is 2.32. The van der Waals surface area contributed by atoms with E-state index in [0.717, 1.165) is 20.4 Å². The summed E-state index contributed by atoms with van der Waals surface area (Å²) in [6, 6.07) is 13.2. The number of halogens is 3. The maximum absolute atomic E-state index is 12.6. The third kappa shape index (κ3) is 4.29. The van der Waals surface area contributed by atoms with Crippen LogP contribution in [-0.2, 0) is 0 Å². The molecule has 3 aromatic rings. The highest BCUT2D eigenvalue weighted by atomic mass is 127. The van der Waals surface area contributed by atoms with E-state index in [0.29, 0.717) is 21.4 Å². The number of hydrogen-bond donors (Lipinski definition) is 1. The van der Waals surface area contributed by atoms with Gasteiger partial charge in [0.1, 0.15) is 0 Å². The molecule has 5 nitrogen and oxygen atoms in total. The number of hydrogen-bond acceptors (Lipinski definition) is 3. The van der Waals surface area contributed by atoms with Crippen LogP contribution in [0.15, 0.2) is 42.5 Å². The van der Waals surface area contributed by atoms with Crippen LogP contribution in [-0.4, -0.2) is 34.8 Å². The van der Waals surface area contributed by atoms with Gasteiger partial charge in [-0.05, 0) is 59.8 Å². The first-order valence-corrected chi connectivity index (χ1v) is 9.90. The quantitative estimate of drug-likeness (QED) is 0.395. The van der Waals surface area contributed by atoms with Crippen molar-refractivity contribution in [2.45, 2.75) is 6.92 Å². The average Bonchev–Trinajstić information content (AvgIpc) is 2.92. The number of nitrogens with zero attached hydrogens (tertiary/aromatic N) is 3. The van der Waals surface area contributed by atoms with Gasteiger partial charge in [-0.2, -0.15) is 5.10 Å². The minimum Gasteiger partial charge on any atom is -0.284 e. The lowest BCUT2D eigenvalue weighted by molar-refractivity contribution is 0.0850. The molecule has 1 N–H and O–H groups in total. The first-order valence-electron chi connectivity index (χ1n) is 8.07. The smallest absolute Gasteiger partial charge is 0.284 e. The van der Waals surface area contributed by atoms with Crippen LogP contribution in [0.25, 0.3) is 16.9 Å². The molecule has 0 radical (unpaired) electrons. The number of carbonyl (C=O) groups is 1. The fraction of sp³-hybridized carbons (Fsp3) is 0.158. The molecule has 27 heavy (non-hydrogen) atoms. The van der Waals surface area contributed by atoms with Gasteiger partial charge in [0.2, 0.25) is 0 Å². The van der Waals surface area contributed by atoms with Crippen LogP contribution >= 0.6 is 45.8 Å². The third-order valence-electron chi connectivity index (χ3n) is 3.92. The Morgan fingerprint density at radius 2 is 1.81 bits per heavy atom. The molecule has 0 spiro atoms. The molecule has 0 bridgehead atoms. The lowest BCUT2D eigenvalue weighted by atomic mass is 10.1. The summed E-state index contributed by atoms with van der Waals surface area (Å²) in [5.74, 6) is -0.284. The standard InChI is InChI=1S/C19H17Cl2IN4O/c1-11-17(19(27)24-25(2)3)23-26(16-9-6-13(20)10-15(16)21)18(11)12-4-7-14(22)8-5-12/h4-10H,1-3H3,(H,24,27). The maximum atomic E-state index is 12.6. The molecule has 0 fully saturated rings. The number of aromatic nitrogens is 2. The van der Waals surface area contributed by atoms with E-state index >= 15 is 0 Å². The average molecular weight is 515 g/mol. The summed E-state index contributed by atoms with van der Waals surface area (Å²) in [5, 5.41) is 7.15. The number of amides is 1. The summed E-state index contributed by atoms with van der Waals surface area (Å²) in [5.41, 5.74) is 6.24. The van der Waals surface area contributed by atoms with Crippen molar-refractivity contribution in [2.75, 3.05) is 14.1 Å². The SMILES string of the molecule is Cc1c(C(=O)NN(C)C)nn(-c2ccc(Cl)cc2Cl)c1-c1ccc(I)cc1. The van der Waals surface area contributed by atoms with E-state index in [-0.39, 0.29) is 5.91 Å². The third-order valence-corrected chi connectivity index (χ3v) is 5.18. The number of benzene rings is 2. The van der Waals surface area contributed by atoms with Gasteiger partial charge in [0.15, 0.2) is 5.69 Å². The highest BCUT2D eigenvalue weighted by molar-refractivity contribution is 14.1. The second-order valence-corrected chi connectivity index (χ2v) is 8.26. The van der Waals surface area contributed by atoms with Crippen molar-refractivity contribution in [2.24, 2.45) is 0 Å². The van der Waals surface area contributed by atoms with E-state index in [4.69, 9.17) is 23.2 Å². The van der Waals surface area contributed by atoms with Gasteiger partial charge in [0, 0.05) is 33.8 Å². The normalized spacial score (nSPS) is 11.1. The van der Waals surface area contributed by atoms with Crippen LogP contribution in [0.5, 0.6) is 0 Å². The fourth-order valence-corrected chi connectivity index (χ4v) is 3.59. The van der Waals surface area contributed by atoms with Crippen molar-refractivity contribution < 1.29 is 4.79 Å². The lowest BCUT2D eigenvalue weighted by Gasteiger charge is -2.11. The van der Waals surface area contributed by atoms with Gasteiger partial charge in [0.25, 0.3) is 5.91 Å². The van der Waals surface area contributed by atoms with Crippen LogP contribution in [0.3, 0.4) is 0 Å². The number of hydrazine groups is 1. The first-order chi connectivity index (χ1) is 12.8. The second kappa shape index (κ2) is 8.18. The molecule has 3 rings (SSSR count). The van der Waals surface area contributed by atoms with Crippen molar-refractivity contribution in [3.05, 3.63) is 67.3 Å². The molecule has 0 saturated heterocycles. The number of carbonyl (C=O) groups excluding carboxylic acids is 1. The van der Waals surface area contributed by atoms with Crippen molar-refractivity contribution in [1.82, 2.24) is 20.2 Å². The fourth-order valence-electron chi connectivity index (χ4n) is 2.74. The predicted molar refractivity (Wildman–Crippen MR) is 118 cm³/mol. The van der Waals surface area contributed by atoms with E-state index in [1.54, 1.807) is 42.0 Å². The van der Waals surface area contributed by atoms with Gasteiger partial charge in [0.05, 0.1) is 16.4 Å². The van der Waals surface area contributed by atoms with E-state index < -0.39 is 0 Å². The Morgan fingerprint density at radius 3 is 2.41 bits per heavy atom. The van der Waals surface area contributed by atoms with E-state index in [2.05, 4.69) is 33.1 Å². The van der Waals surface area contributed by atoms with Crippen LogP contribution < -0.4 is 5.43 Å². The molecule has 0 aliphatic rings.